The van der Waals surface area contributed by atoms with Gasteiger partial charge in [-0.15, -0.1) is 0 Å². The van der Waals surface area contributed by atoms with Gasteiger partial charge in [0.2, 0.25) is 0 Å². The van der Waals surface area contributed by atoms with Crippen LogP contribution in [0.15, 0.2) is 54.6 Å². The van der Waals surface area contributed by atoms with E-state index in [-0.39, 0.29) is 5.97 Å². The molecule has 0 aliphatic rings. The minimum absolute atomic E-state index is 0.224. The molecule has 0 aliphatic carbocycles. The molecule has 19 heavy (non-hydrogen) atoms. The van der Waals surface area contributed by atoms with Gasteiger partial charge in [-0.2, -0.15) is 0 Å². The van der Waals surface area contributed by atoms with Crippen LogP contribution in [-0.2, 0) is 17.8 Å². The van der Waals surface area contributed by atoms with E-state index in [4.69, 9.17) is 10.5 Å². The van der Waals surface area contributed by atoms with Gasteiger partial charge in [0.05, 0.1) is 0 Å². The van der Waals surface area contributed by atoms with Crippen LogP contribution in [0.1, 0.15) is 17.5 Å². The van der Waals surface area contributed by atoms with Crippen molar-refractivity contribution in [3.63, 3.8) is 0 Å². The van der Waals surface area contributed by atoms with Crippen LogP contribution >= 0.6 is 0 Å². The third-order valence-electron chi connectivity index (χ3n) is 2.91. The molecule has 0 saturated heterocycles. The number of hydrogen-bond donors (Lipinski definition) is 1. The van der Waals surface area contributed by atoms with Gasteiger partial charge in [-0.1, -0.05) is 42.5 Å². The third kappa shape index (κ3) is 3.93. The number of benzene rings is 2. The summed E-state index contributed by atoms with van der Waals surface area (Å²) in [6, 6.07) is 17.0. The Morgan fingerprint density at radius 3 is 2.26 bits per heavy atom. The number of carbonyl (C=O) groups excluding carboxylic acids is 1. The molecule has 0 aliphatic heterocycles. The minimum Gasteiger partial charge on any atom is -0.427 e. The van der Waals surface area contributed by atoms with Gasteiger partial charge in [-0.05, 0) is 29.7 Å². The topological polar surface area (TPSA) is 52.3 Å². The Morgan fingerprint density at radius 1 is 0.947 bits per heavy atom. The molecule has 0 heterocycles. The van der Waals surface area contributed by atoms with Crippen LogP contribution in [0, 0.1) is 0 Å². The van der Waals surface area contributed by atoms with Crippen molar-refractivity contribution in [1.29, 1.82) is 0 Å². The zero-order valence-corrected chi connectivity index (χ0v) is 10.7. The summed E-state index contributed by atoms with van der Waals surface area (Å²) in [5, 5.41) is 0. The van der Waals surface area contributed by atoms with Gasteiger partial charge in [-0.25, -0.2) is 0 Å². The Labute approximate surface area is 113 Å². The van der Waals surface area contributed by atoms with Crippen molar-refractivity contribution >= 4 is 5.97 Å². The van der Waals surface area contributed by atoms with E-state index >= 15 is 0 Å². The van der Waals surface area contributed by atoms with Gasteiger partial charge in [0, 0.05) is 13.0 Å². The molecule has 98 valence electrons. The zero-order chi connectivity index (χ0) is 13.5. The fraction of sp³-hybridized carbons (Fsp3) is 0.188. The van der Waals surface area contributed by atoms with Gasteiger partial charge >= 0.3 is 5.97 Å². The van der Waals surface area contributed by atoms with Crippen molar-refractivity contribution in [3.05, 3.63) is 65.7 Å². The lowest BCUT2D eigenvalue weighted by molar-refractivity contribution is -0.134. The van der Waals surface area contributed by atoms with Crippen molar-refractivity contribution in [2.75, 3.05) is 0 Å². The van der Waals surface area contributed by atoms with E-state index in [1.165, 1.54) is 0 Å². The number of carbonyl (C=O) groups is 1. The monoisotopic (exact) mass is 255 g/mol. The van der Waals surface area contributed by atoms with E-state index in [1.807, 2.05) is 42.5 Å². The summed E-state index contributed by atoms with van der Waals surface area (Å²) in [5.41, 5.74) is 7.85. The Kier molecular flexibility index (Phi) is 4.70. The van der Waals surface area contributed by atoms with Crippen LogP contribution in [0.5, 0.6) is 5.75 Å². The molecular weight excluding hydrogens is 238 g/mol. The van der Waals surface area contributed by atoms with Crippen molar-refractivity contribution in [2.24, 2.45) is 5.73 Å². The number of rotatable bonds is 5. The SMILES string of the molecule is NCc1ccccc1CCC(=O)Oc1ccccc1. The highest BCUT2D eigenvalue weighted by molar-refractivity contribution is 5.72. The number of para-hydroxylation sites is 1. The van der Waals surface area contributed by atoms with Crippen LogP contribution in [0.2, 0.25) is 0 Å². The quantitative estimate of drug-likeness (QED) is 0.660. The third-order valence-corrected chi connectivity index (χ3v) is 2.91. The molecule has 0 bridgehead atoms. The first-order valence-corrected chi connectivity index (χ1v) is 6.32. The lowest BCUT2D eigenvalue weighted by Gasteiger charge is -2.07. The predicted molar refractivity (Wildman–Crippen MR) is 74.7 cm³/mol. The molecule has 2 rings (SSSR count). The molecule has 2 aromatic carbocycles. The Bertz CT molecular complexity index is 537. The second kappa shape index (κ2) is 6.71. The molecular formula is C16H17NO2. The first kappa shape index (κ1) is 13.3. The number of esters is 1. The number of ether oxygens (including phenoxy) is 1. The lowest BCUT2D eigenvalue weighted by Crippen LogP contribution is -2.10. The summed E-state index contributed by atoms with van der Waals surface area (Å²) in [6.45, 7) is 0.490. The highest BCUT2D eigenvalue weighted by Crippen LogP contribution is 2.13. The van der Waals surface area contributed by atoms with Crippen molar-refractivity contribution in [2.45, 2.75) is 19.4 Å². The average molecular weight is 255 g/mol. The van der Waals surface area contributed by atoms with E-state index in [2.05, 4.69) is 0 Å². The molecule has 2 aromatic rings. The van der Waals surface area contributed by atoms with Gasteiger partial charge < -0.3 is 10.5 Å². The fourth-order valence-corrected chi connectivity index (χ4v) is 1.91. The summed E-state index contributed by atoms with van der Waals surface area (Å²) in [5.74, 6) is 0.359. The molecule has 3 heteroatoms. The largest absolute Gasteiger partial charge is 0.427 e. The first-order valence-electron chi connectivity index (χ1n) is 6.32. The minimum atomic E-state index is -0.224. The summed E-state index contributed by atoms with van der Waals surface area (Å²) in [7, 11) is 0. The van der Waals surface area contributed by atoms with Crippen LogP contribution in [0.4, 0.5) is 0 Å². The molecule has 0 aromatic heterocycles. The van der Waals surface area contributed by atoms with E-state index in [9.17, 15) is 4.79 Å². The van der Waals surface area contributed by atoms with Crippen LogP contribution in [0.25, 0.3) is 0 Å². The molecule has 0 fully saturated rings. The Balaban J connectivity index is 1.90. The zero-order valence-electron chi connectivity index (χ0n) is 10.7. The van der Waals surface area contributed by atoms with Gasteiger partial charge in [0.15, 0.2) is 0 Å². The normalized spacial score (nSPS) is 10.2. The highest BCUT2D eigenvalue weighted by Gasteiger charge is 2.07. The fourth-order valence-electron chi connectivity index (χ4n) is 1.91. The standard InChI is InChI=1S/C16H17NO2/c17-12-14-7-5-4-6-13(14)10-11-16(18)19-15-8-2-1-3-9-15/h1-9H,10-12,17H2. The molecule has 0 unspecified atom stereocenters. The molecule has 0 spiro atoms. The molecule has 0 atom stereocenters. The second-order valence-electron chi connectivity index (χ2n) is 4.26. The van der Waals surface area contributed by atoms with E-state index < -0.39 is 0 Å². The molecule has 0 radical (unpaired) electrons. The van der Waals surface area contributed by atoms with Crippen LogP contribution in [0.3, 0.4) is 0 Å². The maximum Gasteiger partial charge on any atom is 0.311 e. The molecule has 0 saturated carbocycles. The van der Waals surface area contributed by atoms with Crippen molar-refractivity contribution < 1.29 is 9.53 Å². The maximum absolute atomic E-state index is 11.7. The molecule has 3 nitrogen and oxygen atoms in total. The number of nitrogens with two attached hydrogens (primary N) is 1. The van der Waals surface area contributed by atoms with Crippen molar-refractivity contribution in [3.8, 4) is 5.75 Å². The van der Waals surface area contributed by atoms with Gasteiger partial charge in [0.25, 0.3) is 0 Å². The van der Waals surface area contributed by atoms with Gasteiger partial charge in [0.1, 0.15) is 5.75 Å². The van der Waals surface area contributed by atoms with Gasteiger partial charge in [-0.3, -0.25) is 4.79 Å². The summed E-state index contributed by atoms with van der Waals surface area (Å²) in [6.07, 6.45) is 1.00. The smallest absolute Gasteiger partial charge is 0.311 e. The maximum atomic E-state index is 11.7. The Hall–Kier alpha value is -2.13. The number of aryl methyl sites for hydroxylation is 1. The summed E-state index contributed by atoms with van der Waals surface area (Å²) in [4.78, 5) is 11.7. The lowest BCUT2D eigenvalue weighted by atomic mass is 10.0. The summed E-state index contributed by atoms with van der Waals surface area (Å²) >= 11 is 0. The van der Waals surface area contributed by atoms with Crippen LogP contribution < -0.4 is 10.5 Å². The predicted octanol–water partition coefficient (Wildman–Crippen LogP) is 2.68. The first-order chi connectivity index (χ1) is 9.29. The Morgan fingerprint density at radius 2 is 1.58 bits per heavy atom. The van der Waals surface area contributed by atoms with E-state index in [1.54, 1.807) is 12.1 Å². The average Bonchev–Trinajstić information content (AvgIpc) is 2.46. The number of hydrogen-bond acceptors (Lipinski definition) is 3. The van der Waals surface area contributed by atoms with E-state index in [0.29, 0.717) is 25.1 Å². The molecule has 0 amide bonds. The molecule has 2 N–H and O–H groups in total. The van der Waals surface area contributed by atoms with Crippen LogP contribution in [-0.4, -0.2) is 5.97 Å². The second-order valence-corrected chi connectivity index (χ2v) is 4.26. The summed E-state index contributed by atoms with van der Waals surface area (Å²) < 4.78 is 5.24. The van der Waals surface area contributed by atoms with Crippen molar-refractivity contribution in [1.82, 2.24) is 0 Å². The van der Waals surface area contributed by atoms with E-state index in [0.717, 1.165) is 11.1 Å². The highest BCUT2D eigenvalue weighted by atomic mass is 16.5.